The van der Waals surface area contributed by atoms with E-state index in [1.54, 1.807) is 6.92 Å². The fraction of sp³-hybridized carbons (Fsp3) is 0.286. The van der Waals surface area contributed by atoms with Gasteiger partial charge in [0.1, 0.15) is 0 Å². The van der Waals surface area contributed by atoms with Crippen molar-refractivity contribution in [1.82, 2.24) is 20.4 Å². The molecule has 1 aromatic carbocycles. The quantitative estimate of drug-likeness (QED) is 0.798. The van der Waals surface area contributed by atoms with Crippen LogP contribution in [0.3, 0.4) is 0 Å². The van der Waals surface area contributed by atoms with Gasteiger partial charge >= 0.3 is 6.03 Å². The number of hydrogen-bond donors (Lipinski definition) is 1. The molecular formula is C14H13BrN4O3S. The summed E-state index contributed by atoms with van der Waals surface area (Å²) in [6, 6.07) is 7.14. The van der Waals surface area contributed by atoms with Crippen molar-refractivity contribution in [2.24, 2.45) is 0 Å². The van der Waals surface area contributed by atoms with E-state index in [0.29, 0.717) is 19.0 Å². The molecule has 1 atom stereocenters. The van der Waals surface area contributed by atoms with Crippen molar-refractivity contribution in [2.45, 2.75) is 17.4 Å². The number of carbonyl (C=O) groups is 2. The number of aromatic nitrogens is 2. The zero-order chi connectivity index (χ0) is 16.4. The summed E-state index contributed by atoms with van der Waals surface area (Å²) in [6.07, 6.45) is 0. The maximum Gasteiger partial charge on any atom is 0.324 e. The van der Waals surface area contributed by atoms with E-state index in [4.69, 9.17) is 4.42 Å². The van der Waals surface area contributed by atoms with Crippen molar-refractivity contribution < 1.29 is 14.0 Å². The lowest BCUT2D eigenvalue weighted by atomic mass is 10.2. The largest absolute Gasteiger partial charge is 0.411 e. The molecule has 1 fully saturated rings. The van der Waals surface area contributed by atoms with Gasteiger partial charge in [0, 0.05) is 17.6 Å². The fourth-order valence-electron chi connectivity index (χ4n) is 2.10. The Hall–Kier alpha value is -1.87. The van der Waals surface area contributed by atoms with Gasteiger partial charge in [-0.05, 0) is 35.0 Å². The lowest BCUT2D eigenvalue weighted by molar-refractivity contribution is -0.126. The summed E-state index contributed by atoms with van der Waals surface area (Å²) in [5.74, 6) is 0.101. The predicted octanol–water partition coefficient (Wildman–Crippen LogP) is 2.53. The van der Waals surface area contributed by atoms with E-state index in [1.807, 2.05) is 24.3 Å². The van der Waals surface area contributed by atoms with E-state index in [1.165, 1.54) is 4.90 Å². The van der Waals surface area contributed by atoms with Crippen molar-refractivity contribution in [3.63, 3.8) is 0 Å². The van der Waals surface area contributed by atoms with Gasteiger partial charge in [-0.15, -0.1) is 10.2 Å². The summed E-state index contributed by atoms with van der Waals surface area (Å²) in [5.41, 5.74) is 0.782. The van der Waals surface area contributed by atoms with Crippen LogP contribution in [0.4, 0.5) is 4.79 Å². The van der Waals surface area contributed by atoms with Gasteiger partial charge in [-0.25, -0.2) is 4.79 Å². The average Bonchev–Trinajstić information content (AvgIpc) is 3.16. The third-order valence-corrected chi connectivity index (χ3v) is 4.87. The summed E-state index contributed by atoms with van der Waals surface area (Å²) in [6.45, 7) is 2.57. The van der Waals surface area contributed by atoms with Gasteiger partial charge < -0.3 is 9.73 Å². The van der Waals surface area contributed by atoms with Crippen molar-refractivity contribution in [3.05, 3.63) is 28.7 Å². The number of benzene rings is 1. The number of thioether (sulfide) groups is 1. The summed E-state index contributed by atoms with van der Waals surface area (Å²) < 4.78 is 6.45. The van der Waals surface area contributed by atoms with Crippen LogP contribution in [0.25, 0.3) is 11.5 Å². The fourth-order valence-corrected chi connectivity index (χ4v) is 3.30. The molecule has 0 aliphatic carbocycles. The first kappa shape index (κ1) is 16.0. The van der Waals surface area contributed by atoms with Crippen LogP contribution >= 0.6 is 27.7 Å². The Bertz CT molecular complexity index is 751. The van der Waals surface area contributed by atoms with Crippen LogP contribution in [0.15, 0.2) is 38.4 Å². The second kappa shape index (κ2) is 6.71. The van der Waals surface area contributed by atoms with E-state index in [9.17, 15) is 9.59 Å². The van der Waals surface area contributed by atoms with Gasteiger partial charge in [0.15, 0.2) is 0 Å². The molecule has 0 unspecified atom stereocenters. The van der Waals surface area contributed by atoms with Gasteiger partial charge in [-0.3, -0.25) is 9.69 Å². The van der Waals surface area contributed by atoms with E-state index in [-0.39, 0.29) is 17.2 Å². The first-order chi connectivity index (χ1) is 11.1. The average molecular weight is 397 g/mol. The molecule has 2 heterocycles. The van der Waals surface area contributed by atoms with Crippen LogP contribution in [0.1, 0.15) is 6.92 Å². The number of urea groups is 1. The highest BCUT2D eigenvalue weighted by Gasteiger charge is 2.31. The predicted molar refractivity (Wildman–Crippen MR) is 87.9 cm³/mol. The van der Waals surface area contributed by atoms with Crippen LogP contribution in [0.2, 0.25) is 0 Å². The Kier molecular flexibility index (Phi) is 4.67. The molecule has 1 saturated heterocycles. The molecule has 9 heteroatoms. The molecule has 0 bridgehead atoms. The lowest BCUT2D eigenvalue weighted by Crippen LogP contribution is -2.38. The van der Waals surface area contributed by atoms with Crippen molar-refractivity contribution in [3.8, 4) is 11.5 Å². The van der Waals surface area contributed by atoms with Gasteiger partial charge in [-0.1, -0.05) is 23.9 Å². The van der Waals surface area contributed by atoms with Gasteiger partial charge in [-0.2, -0.15) is 0 Å². The highest BCUT2D eigenvalue weighted by atomic mass is 79.9. The number of halogens is 1. The molecule has 1 aliphatic heterocycles. The Labute approximate surface area is 144 Å². The van der Waals surface area contributed by atoms with E-state index in [2.05, 4.69) is 31.4 Å². The van der Waals surface area contributed by atoms with Gasteiger partial charge in [0.25, 0.3) is 5.22 Å². The first-order valence-electron chi connectivity index (χ1n) is 6.90. The smallest absolute Gasteiger partial charge is 0.324 e. The van der Waals surface area contributed by atoms with E-state index in [0.717, 1.165) is 21.8 Å². The summed E-state index contributed by atoms with van der Waals surface area (Å²) >= 11 is 4.56. The number of nitrogens with zero attached hydrogens (tertiary/aromatic N) is 3. The minimum absolute atomic E-state index is 0.273. The highest BCUT2D eigenvalue weighted by Crippen LogP contribution is 2.30. The SMILES string of the molecule is C[C@@H](Sc1nnc(-c2ccccc2Br)o1)C(=O)N1CCNC1=O. The zero-order valence-electron chi connectivity index (χ0n) is 12.2. The Balaban J connectivity index is 1.70. The van der Waals surface area contributed by atoms with Crippen LogP contribution in [0, 0.1) is 0 Å². The number of rotatable bonds is 4. The van der Waals surface area contributed by atoms with Gasteiger partial charge in [0.05, 0.1) is 10.8 Å². The van der Waals surface area contributed by atoms with Crippen LogP contribution in [-0.2, 0) is 4.79 Å². The molecule has 7 nitrogen and oxygen atoms in total. The number of nitrogens with one attached hydrogen (secondary N) is 1. The molecule has 23 heavy (non-hydrogen) atoms. The molecule has 3 rings (SSSR count). The third-order valence-electron chi connectivity index (χ3n) is 3.26. The van der Waals surface area contributed by atoms with Crippen molar-refractivity contribution >= 4 is 39.6 Å². The summed E-state index contributed by atoms with van der Waals surface area (Å²) in [5, 5.41) is 10.4. The number of carbonyl (C=O) groups excluding carboxylic acids is 2. The number of amides is 3. The molecule has 0 spiro atoms. The topological polar surface area (TPSA) is 88.3 Å². The number of hydrogen-bond acceptors (Lipinski definition) is 6. The van der Waals surface area contributed by atoms with Crippen LogP contribution < -0.4 is 5.32 Å². The summed E-state index contributed by atoms with van der Waals surface area (Å²) in [4.78, 5) is 25.0. The second-order valence-electron chi connectivity index (χ2n) is 4.83. The van der Waals surface area contributed by atoms with E-state index < -0.39 is 5.25 Å². The zero-order valence-corrected chi connectivity index (χ0v) is 14.6. The Morgan fingerprint density at radius 2 is 2.22 bits per heavy atom. The van der Waals surface area contributed by atoms with Crippen LogP contribution in [0.5, 0.6) is 0 Å². The van der Waals surface area contributed by atoms with Crippen molar-refractivity contribution in [1.29, 1.82) is 0 Å². The summed E-state index contributed by atoms with van der Waals surface area (Å²) in [7, 11) is 0. The van der Waals surface area contributed by atoms with Crippen molar-refractivity contribution in [2.75, 3.05) is 13.1 Å². The molecule has 0 radical (unpaired) electrons. The molecular weight excluding hydrogens is 384 g/mol. The first-order valence-corrected chi connectivity index (χ1v) is 8.58. The molecule has 1 N–H and O–H groups in total. The maximum atomic E-state index is 12.2. The minimum atomic E-state index is -0.494. The third kappa shape index (κ3) is 3.40. The number of imide groups is 1. The Morgan fingerprint density at radius 1 is 1.43 bits per heavy atom. The molecule has 1 aromatic heterocycles. The molecule has 120 valence electrons. The maximum absolute atomic E-state index is 12.2. The Morgan fingerprint density at radius 3 is 2.91 bits per heavy atom. The van der Waals surface area contributed by atoms with E-state index >= 15 is 0 Å². The standard InChI is InChI=1S/C14H13BrN4O3S/c1-8(12(20)19-7-6-16-13(19)21)23-14-18-17-11(22-14)9-4-2-3-5-10(9)15/h2-5,8H,6-7H2,1H3,(H,16,21)/t8-/m1/s1. The second-order valence-corrected chi connectivity index (χ2v) is 6.98. The molecule has 0 saturated carbocycles. The lowest BCUT2D eigenvalue weighted by Gasteiger charge is -2.15. The highest BCUT2D eigenvalue weighted by molar-refractivity contribution is 9.10. The molecule has 3 amide bonds. The minimum Gasteiger partial charge on any atom is -0.411 e. The molecule has 2 aromatic rings. The molecule has 1 aliphatic rings. The normalized spacial score (nSPS) is 15.6. The monoisotopic (exact) mass is 396 g/mol. The van der Waals surface area contributed by atoms with Crippen LogP contribution in [-0.4, -0.2) is 45.4 Å². The van der Waals surface area contributed by atoms with Gasteiger partial charge in [0.2, 0.25) is 11.8 Å².